The lowest BCUT2D eigenvalue weighted by molar-refractivity contribution is -0.142. The molecular formula is C11H20N2O4S. The number of piperidine rings is 1. The summed E-state index contributed by atoms with van der Waals surface area (Å²) >= 11 is 0. The van der Waals surface area contributed by atoms with E-state index in [4.69, 9.17) is 5.11 Å². The molecule has 1 saturated heterocycles. The molecule has 1 aliphatic carbocycles. The van der Waals surface area contributed by atoms with E-state index in [1.165, 1.54) is 0 Å². The number of aliphatic carboxylic acids is 1. The Hall–Kier alpha value is -0.660. The lowest BCUT2D eigenvalue weighted by Gasteiger charge is -2.32. The van der Waals surface area contributed by atoms with Gasteiger partial charge in [0.15, 0.2) is 0 Å². The van der Waals surface area contributed by atoms with Crippen LogP contribution < -0.4 is 4.72 Å². The minimum Gasteiger partial charge on any atom is -0.480 e. The fourth-order valence-corrected chi connectivity index (χ4v) is 4.45. The molecule has 1 saturated carbocycles. The largest absolute Gasteiger partial charge is 0.480 e. The van der Waals surface area contributed by atoms with Gasteiger partial charge in [-0.15, -0.1) is 0 Å². The van der Waals surface area contributed by atoms with Crippen LogP contribution in [0.2, 0.25) is 0 Å². The number of hydrogen-bond acceptors (Lipinski definition) is 3. The summed E-state index contributed by atoms with van der Waals surface area (Å²) in [6.45, 7) is 0.305. The number of nitrogens with zero attached hydrogens (tertiary/aromatic N) is 1. The van der Waals surface area contributed by atoms with E-state index in [9.17, 15) is 13.2 Å². The molecule has 2 N–H and O–H groups in total. The predicted octanol–water partition coefficient (Wildman–Crippen LogP) is 0.702. The highest BCUT2D eigenvalue weighted by Crippen LogP contribution is 2.23. The maximum absolute atomic E-state index is 12.2. The smallest absolute Gasteiger partial charge is 0.322 e. The van der Waals surface area contributed by atoms with Crippen molar-refractivity contribution in [1.29, 1.82) is 0 Å². The van der Waals surface area contributed by atoms with Gasteiger partial charge in [-0.2, -0.15) is 17.4 Å². The number of hydrogen-bond donors (Lipinski definition) is 2. The summed E-state index contributed by atoms with van der Waals surface area (Å²) < 4.78 is 28.2. The molecule has 1 atom stereocenters. The predicted molar refractivity (Wildman–Crippen MR) is 66.3 cm³/mol. The van der Waals surface area contributed by atoms with Crippen LogP contribution in [-0.2, 0) is 15.0 Å². The van der Waals surface area contributed by atoms with Crippen molar-refractivity contribution in [3.05, 3.63) is 0 Å². The molecule has 0 radical (unpaired) electrons. The summed E-state index contributed by atoms with van der Waals surface area (Å²) in [6.07, 6.45) is 5.68. The van der Waals surface area contributed by atoms with Crippen molar-refractivity contribution in [1.82, 2.24) is 9.03 Å². The van der Waals surface area contributed by atoms with E-state index < -0.39 is 22.2 Å². The van der Waals surface area contributed by atoms with Crippen LogP contribution in [0.4, 0.5) is 0 Å². The van der Waals surface area contributed by atoms with Crippen LogP contribution in [0, 0.1) is 0 Å². The molecule has 2 aliphatic rings. The summed E-state index contributed by atoms with van der Waals surface area (Å²) in [5.74, 6) is -1.05. The van der Waals surface area contributed by atoms with Crippen molar-refractivity contribution < 1.29 is 18.3 Å². The van der Waals surface area contributed by atoms with Crippen molar-refractivity contribution >= 4 is 16.2 Å². The van der Waals surface area contributed by atoms with Crippen LogP contribution in [0.15, 0.2) is 0 Å². The Bertz CT molecular complexity index is 403. The Labute approximate surface area is 108 Å². The zero-order valence-corrected chi connectivity index (χ0v) is 11.2. The first-order chi connectivity index (χ1) is 8.50. The van der Waals surface area contributed by atoms with Gasteiger partial charge in [0.2, 0.25) is 0 Å². The third kappa shape index (κ3) is 3.02. The third-order valence-corrected chi connectivity index (χ3v) is 5.40. The van der Waals surface area contributed by atoms with Gasteiger partial charge < -0.3 is 5.11 Å². The standard InChI is InChI=1S/C11H20N2O4S/c14-11(15)10-7-3-4-8-13(10)18(16,17)12-9-5-1-2-6-9/h9-10,12H,1-8H2,(H,14,15). The highest BCUT2D eigenvalue weighted by molar-refractivity contribution is 7.87. The fourth-order valence-electron chi connectivity index (χ4n) is 2.76. The number of nitrogens with one attached hydrogen (secondary N) is 1. The number of rotatable bonds is 4. The zero-order valence-electron chi connectivity index (χ0n) is 10.3. The SMILES string of the molecule is O=C(O)C1CCCCN1S(=O)(=O)NC1CCCC1. The maximum Gasteiger partial charge on any atom is 0.322 e. The number of carbonyl (C=O) groups is 1. The minimum absolute atomic E-state index is 0.0219. The first-order valence-electron chi connectivity index (χ1n) is 6.52. The Kier molecular flexibility index (Phi) is 4.24. The van der Waals surface area contributed by atoms with Crippen LogP contribution >= 0.6 is 0 Å². The Morgan fingerprint density at radius 2 is 1.72 bits per heavy atom. The van der Waals surface area contributed by atoms with E-state index >= 15 is 0 Å². The second kappa shape index (κ2) is 5.54. The minimum atomic E-state index is -3.66. The summed E-state index contributed by atoms with van der Waals surface area (Å²) in [4.78, 5) is 11.1. The summed E-state index contributed by atoms with van der Waals surface area (Å²) in [6, 6.07) is -0.927. The molecule has 0 aromatic heterocycles. The van der Waals surface area contributed by atoms with Gasteiger partial charge in [0.1, 0.15) is 6.04 Å². The van der Waals surface area contributed by atoms with Crippen molar-refractivity contribution in [3.8, 4) is 0 Å². The molecule has 0 spiro atoms. The van der Waals surface area contributed by atoms with Crippen molar-refractivity contribution in [2.24, 2.45) is 0 Å². The number of carboxylic acids is 1. The van der Waals surface area contributed by atoms with Crippen LogP contribution in [0.1, 0.15) is 44.9 Å². The molecule has 0 amide bonds. The highest BCUT2D eigenvalue weighted by Gasteiger charge is 2.37. The molecule has 2 rings (SSSR count). The monoisotopic (exact) mass is 276 g/mol. The average molecular weight is 276 g/mol. The van der Waals surface area contributed by atoms with Gasteiger partial charge in [-0.3, -0.25) is 4.79 Å². The lowest BCUT2D eigenvalue weighted by Crippen LogP contribution is -2.53. The van der Waals surface area contributed by atoms with E-state index in [1.807, 2.05) is 0 Å². The third-order valence-electron chi connectivity index (χ3n) is 3.72. The second-order valence-corrected chi connectivity index (χ2v) is 6.72. The second-order valence-electron chi connectivity index (χ2n) is 5.06. The summed E-state index contributed by atoms with van der Waals surface area (Å²) in [7, 11) is -3.66. The molecule has 1 heterocycles. The van der Waals surface area contributed by atoms with Gasteiger partial charge in [0.05, 0.1) is 0 Å². The van der Waals surface area contributed by atoms with Crippen LogP contribution in [0.3, 0.4) is 0 Å². The van der Waals surface area contributed by atoms with Gasteiger partial charge in [-0.1, -0.05) is 12.8 Å². The van der Waals surface area contributed by atoms with Gasteiger partial charge in [0, 0.05) is 12.6 Å². The topological polar surface area (TPSA) is 86.7 Å². The molecule has 18 heavy (non-hydrogen) atoms. The van der Waals surface area contributed by atoms with Crippen LogP contribution in [0.5, 0.6) is 0 Å². The molecule has 104 valence electrons. The molecule has 0 aromatic carbocycles. The molecule has 7 heteroatoms. The van der Waals surface area contributed by atoms with E-state index in [-0.39, 0.29) is 6.04 Å². The highest BCUT2D eigenvalue weighted by atomic mass is 32.2. The van der Waals surface area contributed by atoms with E-state index in [2.05, 4.69) is 4.72 Å². The van der Waals surface area contributed by atoms with Gasteiger partial charge in [0.25, 0.3) is 10.2 Å². The van der Waals surface area contributed by atoms with E-state index in [0.29, 0.717) is 13.0 Å². The molecule has 0 aromatic rings. The van der Waals surface area contributed by atoms with Crippen molar-refractivity contribution in [2.45, 2.75) is 57.0 Å². The molecule has 0 bridgehead atoms. The van der Waals surface area contributed by atoms with Crippen LogP contribution in [0.25, 0.3) is 0 Å². The molecule has 1 unspecified atom stereocenters. The summed E-state index contributed by atoms with van der Waals surface area (Å²) in [5.41, 5.74) is 0. The van der Waals surface area contributed by atoms with Crippen molar-refractivity contribution in [2.75, 3.05) is 6.54 Å². The average Bonchev–Trinajstić information content (AvgIpc) is 2.81. The van der Waals surface area contributed by atoms with Crippen LogP contribution in [-0.4, -0.2) is 42.4 Å². The maximum atomic E-state index is 12.2. The lowest BCUT2D eigenvalue weighted by atomic mass is 10.1. The van der Waals surface area contributed by atoms with Gasteiger partial charge in [-0.25, -0.2) is 0 Å². The number of carboxylic acid groups (broad SMARTS) is 1. The molecule has 6 nitrogen and oxygen atoms in total. The summed E-state index contributed by atoms with van der Waals surface area (Å²) in [5, 5.41) is 9.10. The Balaban J connectivity index is 2.08. The first-order valence-corrected chi connectivity index (χ1v) is 7.96. The van der Waals surface area contributed by atoms with E-state index in [1.54, 1.807) is 0 Å². The van der Waals surface area contributed by atoms with Gasteiger partial charge in [-0.05, 0) is 32.1 Å². The Morgan fingerprint density at radius 1 is 1.11 bits per heavy atom. The normalized spacial score (nSPS) is 27.4. The molecular weight excluding hydrogens is 256 g/mol. The first kappa shape index (κ1) is 13.8. The van der Waals surface area contributed by atoms with Gasteiger partial charge >= 0.3 is 5.97 Å². The van der Waals surface area contributed by atoms with Crippen molar-refractivity contribution in [3.63, 3.8) is 0 Å². The molecule has 1 aliphatic heterocycles. The zero-order chi connectivity index (χ0) is 13.2. The quantitative estimate of drug-likeness (QED) is 0.791. The van der Waals surface area contributed by atoms with E-state index in [0.717, 1.165) is 42.8 Å². The Morgan fingerprint density at radius 3 is 2.33 bits per heavy atom. The fraction of sp³-hybridized carbons (Fsp3) is 0.909. The molecule has 2 fully saturated rings.